The van der Waals surface area contributed by atoms with Crippen LogP contribution in [0.5, 0.6) is 0 Å². The molecule has 0 saturated carbocycles. The molecule has 0 spiro atoms. The quantitative estimate of drug-likeness (QED) is 0.744. The smallest absolute Gasteiger partial charge is 0.175 e. The van der Waals surface area contributed by atoms with Gasteiger partial charge in [0.25, 0.3) is 0 Å². The van der Waals surface area contributed by atoms with Gasteiger partial charge < -0.3 is 0 Å². The number of hydrogen-bond acceptors (Lipinski definition) is 5. The van der Waals surface area contributed by atoms with E-state index in [0.29, 0.717) is 4.90 Å². The van der Waals surface area contributed by atoms with Crippen molar-refractivity contribution in [1.29, 1.82) is 0 Å². The van der Waals surface area contributed by atoms with Crippen LogP contribution in [0.25, 0.3) is 21.8 Å². The van der Waals surface area contributed by atoms with Gasteiger partial charge in [0, 0.05) is 35.2 Å². The summed E-state index contributed by atoms with van der Waals surface area (Å²) in [6.45, 7) is 0. The minimum Gasteiger partial charge on any atom is -0.265 e. The molecule has 0 N–H and O–H groups in total. The van der Waals surface area contributed by atoms with E-state index in [0.717, 1.165) is 21.8 Å². The molecule has 0 bridgehead atoms. The van der Waals surface area contributed by atoms with E-state index in [2.05, 4.69) is 9.97 Å². The van der Waals surface area contributed by atoms with Crippen LogP contribution in [0.2, 0.25) is 0 Å². The van der Waals surface area contributed by atoms with Gasteiger partial charge in [0.15, 0.2) is 9.84 Å². The SMILES string of the molecule is CS(=O)(=O)c1cccc(-c2csc(-c3ccncc3)n2)c1. The molecule has 0 aliphatic rings. The van der Waals surface area contributed by atoms with E-state index >= 15 is 0 Å². The molecule has 0 aliphatic carbocycles. The fraction of sp³-hybridized carbons (Fsp3) is 0.0667. The molecule has 3 rings (SSSR count). The standard InChI is InChI=1S/C15H12N2O2S2/c1-21(18,19)13-4-2-3-12(9-13)14-10-20-15(17-14)11-5-7-16-8-6-11/h2-10H,1H3. The Balaban J connectivity index is 2.01. The topological polar surface area (TPSA) is 59.9 Å². The number of pyridine rings is 1. The Morgan fingerprint density at radius 2 is 1.81 bits per heavy atom. The highest BCUT2D eigenvalue weighted by Gasteiger charge is 2.11. The van der Waals surface area contributed by atoms with Gasteiger partial charge >= 0.3 is 0 Å². The minimum absolute atomic E-state index is 0.304. The van der Waals surface area contributed by atoms with E-state index in [4.69, 9.17) is 0 Å². The molecule has 0 amide bonds. The van der Waals surface area contributed by atoms with Crippen LogP contribution in [0.3, 0.4) is 0 Å². The van der Waals surface area contributed by atoms with Gasteiger partial charge in [-0.05, 0) is 24.3 Å². The molecule has 0 radical (unpaired) electrons. The van der Waals surface area contributed by atoms with Crippen LogP contribution in [-0.4, -0.2) is 24.6 Å². The van der Waals surface area contributed by atoms with E-state index < -0.39 is 9.84 Å². The van der Waals surface area contributed by atoms with Crippen molar-refractivity contribution in [2.24, 2.45) is 0 Å². The van der Waals surface area contributed by atoms with Gasteiger partial charge in [0.05, 0.1) is 10.6 Å². The van der Waals surface area contributed by atoms with Crippen LogP contribution in [0.15, 0.2) is 59.1 Å². The zero-order valence-electron chi connectivity index (χ0n) is 11.2. The Hall–Kier alpha value is -2.05. The molecule has 21 heavy (non-hydrogen) atoms. The highest BCUT2D eigenvalue weighted by molar-refractivity contribution is 7.90. The van der Waals surface area contributed by atoms with Crippen LogP contribution in [0.1, 0.15) is 0 Å². The first-order valence-electron chi connectivity index (χ1n) is 6.20. The lowest BCUT2D eigenvalue weighted by atomic mass is 10.2. The van der Waals surface area contributed by atoms with Crippen molar-refractivity contribution in [1.82, 2.24) is 9.97 Å². The number of rotatable bonds is 3. The van der Waals surface area contributed by atoms with Crippen LogP contribution in [-0.2, 0) is 9.84 Å². The summed E-state index contributed by atoms with van der Waals surface area (Å²) in [6.07, 6.45) is 4.65. The zero-order chi connectivity index (χ0) is 14.9. The first-order valence-corrected chi connectivity index (χ1v) is 8.97. The fourth-order valence-corrected chi connectivity index (χ4v) is 3.42. The van der Waals surface area contributed by atoms with Crippen molar-refractivity contribution in [3.8, 4) is 21.8 Å². The average molecular weight is 316 g/mol. The van der Waals surface area contributed by atoms with Crippen molar-refractivity contribution in [2.75, 3.05) is 6.26 Å². The molecule has 0 saturated heterocycles. The second kappa shape index (κ2) is 5.38. The van der Waals surface area contributed by atoms with Gasteiger partial charge in [0.2, 0.25) is 0 Å². The molecule has 3 aromatic rings. The predicted molar refractivity (Wildman–Crippen MR) is 83.9 cm³/mol. The number of benzene rings is 1. The van der Waals surface area contributed by atoms with Crippen molar-refractivity contribution in [3.63, 3.8) is 0 Å². The molecule has 4 nitrogen and oxygen atoms in total. The normalized spacial score (nSPS) is 11.5. The summed E-state index contributed by atoms with van der Waals surface area (Å²) in [5.74, 6) is 0. The third kappa shape index (κ3) is 3.01. The highest BCUT2D eigenvalue weighted by atomic mass is 32.2. The monoisotopic (exact) mass is 316 g/mol. The number of aromatic nitrogens is 2. The summed E-state index contributed by atoms with van der Waals surface area (Å²) in [4.78, 5) is 8.86. The summed E-state index contributed by atoms with van der Waals surface area (Å²) in [6, 6.07) is 10.6. The third-order valence-corrected chi connectivity index (χ3v) is 4.99. The summed E-state index contributed by atoms with van der Waals surface area (Å²) in [7, 11) is -3.21. The van der Waals surface area contributed by atoms with Crippen molar-refractivity contribution < 1.29 is 8.42 Å². The summed E-state index contributed by atoms with van der Waals surface area (Å²) < 4.78 is 23.2. The molecular formula is C15H12N2O2S2. The number of nitrogens with zero attached hydrogens (tertiary/aromatic N) is 2. The molecule has 2 heterocycles. The van der Waals surface area contributed by atoms with E-state index in [9.17, 15) is 8.42 Å². The maximum absolute atomic E-state index is 11.6. The van der Waals surface area contributed by atoms with Gasteiger partial charge in [-0.1, -0.05) is 12.1 Å². The molecule has 6 heteroatoms. The lowest BCUT2D eigenvalue weighted by Crippen LogP contribution is -1.96. The number of hydrogen-bond donors (Lipinski definition) is 0. The van der Waals surface area contributed by atoms with E-state index in [-0.39, 0.29) is 0 Å². The minimum atomic E-state index is -3.21. The van der Waals surface area contributed by atoms with Crippen LogP contribution in [0, 0.1) is 0 Å². The Kier molecular flexibility index (Phi) is 3.57. The number of sulfone groups is 1. The largest absolute Gasteiger partial charge is 0.265 e. The second-order valence-electron chi connectivity index (χ2n) is 4.57. The van der Waals surface area contributed by atoms with Gasteiger partial charge in [-0.25, -0.2) is 13.4 Å². The Morgan fingerprint density at radius 3 is 2.52 bits per heavy atom. The molecule has 0 atom stereocenters. The highest BCUT2D eigenvalue weighted by Crippen LogP contribution is 2.29. The average Bonchev–Trinajstić information content (AvgIpc) is 2.97. The van der Waals surface area contributed by atoms with Crippen molar-refractivity contribution in [2.45, 2.75) is 4.90 Å². The van der Waals surface area contributed by atoms with E-state index in [1.807, 2.05) is 23.6 Å². The maximum Gasteiger partial charge on any atom is 0.175 e. The fourth-order valence-electron chi connectivity index (χ4n) is 1.92. The summed E-state index contributed by atoms with van der Waals surface area (Å²) in [5.41, 5.74) is 2.58. The van der Waals surface area contributed by atoms with Crippen LogP contribution < -0.4 is 0 Å². The molecule has 2 aromatic heterocycles. The maximum atomic E-state index is 11.6. The molecule has 106 valence electrons. The van der Waals surface area contributed by atoms with Gasteiger partial charge in [-0.2, -0.15) is 0 Å². The molecule has 0 unspecified atom stereocenters. The lowest BCUT2D eigenvalue weighted by molar-refractivity contribution is 0.602. The first-order chi connectivity index (χ1) is 10.0. The predicted octanol–water partition coefficient (Wildman–Crippen LogP) is 3.28. The summed E-state index contributed by atoms with van der Waals surface area (Å²) >= 11 is 1.52. The first kappa shape index (κ1) is 13.9. The molecule has 0 fully saturated rings. The Bertz CT molecular complexity index is 871. The van der Waals surface area contributed by atoms with Crippen LogP contribution in [0.4, 0.5) is 0 Å². The van der Waals surface area contributed by atoms with Crippen molar-refractivity contribution in [3.05, 3.63) is 54.2 Å². The van der Waals surface area contributed by atoms with E-state index in [1.165, 1.54) is 17.6 Å². The van der Waals surface area contributed by atoms with Gasteiger partial charge in [-0.15, -0.1) is 11.3 Å². The lowest BCUT2D eigenvalue weighted by Gasteiger charge is -2.01. The van der Waals surface area contributed by atoms with E-state index in [1.54, 1.807) is 30.6 Å². The Morgan fingerprint density at radius 1 is 1.05 bits per heavy atom. The molecule has 0 aliphatic heterocycles. The van der Waals surface area contributed by atoms with Gasteiger partial charge in [-0.3, -0.25) is 4.98 Å². The molecular weight excluding hydrogens is 304 g/mol. The molecule has 1 aromatic carbocycles. The second-order valence-corrected chi connectivity index (χ2v) is 7.45. The Labute approximate surface area is 127 Å². The van der Waals surface area contributed by atoms with Gasteiger partial charge in [0.1, 0.15) is 5.01 Å². The summed E-state index contributed by atoms with van der Waals surface area (Å²) in [5, 5.41) is 2.81. The zero-order valence-corrected chi connectivity index (χ0v) is 12.9. The number of thiazole rings is 1. The van der Waals surface area contributed by atoms with Crippen LogP contribution >= 0.6 is 11.3 Å². The third-order valence-electron chi connectivity index (χ3n) is 2.99. The van der Waals surface area contributed by atoms with Crippen molar-refractivity contribution >= 4 is 21.2 Å².